The topological polar surface area (TPSA) is 32.3 Å². The van der Waals surface area contributed by atoms with E-state index in [0.717, 1.165) is 24.5 Å². The molecule has 1 aliphatic heterocycles. The third kappa shape index (κ3) is 3.21. The van der Waals surface area contributed by atoms with Crippen molar-refractivity contribution in [3.05, 3.63) is 58.1 Å². The molecule has 0 aliphatic carbocycles. The van der Waals surface area contributed by atoms with Gasteiger partial charge in [0.05, 0.1) is 15.6 Å². The average Bonchev–Trinajstić information content (AvgIpc) is 3.04. The van der Waals surface area contributed by atoms with Gasteiger partial charge in [0.2, 0.25) is 0 Å². The molecule has 1 N–H and O–H groups in total. The zero-order valence-corrected chi connectivity index (χ0v) is 13.5. The molecule has 5 heteroatoms. The van der Waals surface area contributed by atoms with Crippen LogP contribution in [0.5, 0.6) is 0 Å². The van der Waals surface area contributed by atoms with E-state index in [1.165, 1.54) is 12.8 Å². The van der Waals surface area contributed by atoms with E-state index in [9.17, 15) is 4.79 Å². The first-order chi connectivity index (χ1) is 10.6. The van der Waals surface area contributed by atoms with E-state index < -0.39 is 0 Å². The predicted molar refractivity (Wildman–Crippen MR) is 92.3 cm³/mol. The number of amides is 1. The molecular formula is C17H16Cl2N2O. The van der Waals surface area contributed by atoms with Crippen LogP contribution in [0.3, 0.4) is 0 Å². The number of rotatable bonds is 3. The lowest BCUT2D eigenvalue weighted by Gasteiger charge is -2.18. The smallest absolute Gasteiger partial charge is 0.257 e. The minimum absolute atomic E-state index is 0.258. The molecule has 1 fully saturated rings. The first kappa shape index (κ1) is 15.2. The van der Waals surface area contributed by atoms with Gasteiger partial charge in [0.1, 0.15) is 0 Å². The molecule has 0 spiro atoms. The van der Waals surface area contributed by atoms with Gasteiger partial charge in [0.15, 0.2) is 0 Å². The van der Waals surface area contributed by atoms with Crippen molar-refractivity contribution in [1.29, 1.82) is 0 Å². The number of benzene rings is 2. The fraction of sp³-hybridized carbons (Fsp3) is 0.235. The molecule has 114 valence electrons. The molecular weight excluding hydrogens is 319 g/mol. The molecule has 2 aromatic carbocycles. The third-order valence-corrected chi connectivity index (χ3v) is 4.59. The first-order valence-electron chi connectivity index (χ1n) is 7.25. The van der Waals surface area contributed by atoms with E-state index in [-0.39, 0.29) is 10.9 Å². The maximum absolute atomic E-state index is 12.4. The second-order valence-corrected chi connectivity index (χ2v) is 6.09. The number of nitrogens with one attached hydrogen (secondary N) is 1. The standard InChI is InChI=1S/C17H16Cl2N2O/c18-15-8-4-7-14(16(15)19)17(22)20-12-5-3-6-13(11-12)21-9-1-2-10-21/h3-8,11H,1-2,9-10H2,(H,20,22). The summed E-state index contributed by atoms with van der Waals surface area (Å²) in [5.41, 5.74) is 2.26. The van der Waals surface area contributed by atoms with Crippen LogP contribution in [-0.4, -0.2) is 19.0 Å². The number of hydrogen-bond acceptors (Lipinski definition) is 2. The molecule has 1 heterocycles. The van der Waals surface area contributed by atoms with Crippen LogP contribution in [0.1, 0.15) is 23.2 Å². The van der Waals surface area contributed by atoms with Crippen LogP contribution in [-0.2, 0) is 0 Å². The Labute approximate surface area is 139 Å². The number of carbonyl (C=O) groups excluding carboxylic acids is 1. The molecule has 22 heavy (non-hydrogen) atoms. The summed E-state index contributed by atoms with van der Waals surface area (Å²) in [7, 11) is 0. The third-order valence-electron chi connectivity index (χ3n) is 3.77. The Balaban J connectivity index is 1.79. The van der Waals surface area contributed by atoms with Crippen LogP contribution < -0.4 is 10.2 Å². The molecule has 1 saturated heterocycles. The lowest BCUT2D eigenvalue weighted by molar-refractivity contribution is 0.102. The van der Waals surface area contributed by atoms with Gasteiger partial charge in [-0.25, -0.2) is 0 Å². The number of halogens is 2. The highest BCUT2D eigenvalue weighted by molar-refractivity contribution is 6.44. The highest BCUT2D eigenvalue weighted by Gasteiger charge is 2.15. The SMILES string of the molecule is O=C(Nc1cccc(N2CCCC2)c1)c1cccc(Cl)c1Cl. The van der Waals surface area contributed by atoms with Crippen molar-refractivity contribution < 1.29 is 4.79 Å². The minimum Gasteiger partial charge on any atom is -0.371 e. The monoisotopic (exact) mass is 334 g/mol. The summed E-state index contributed by atoms with van der Waals surface area (Å²) in [6.45, 7) is 2.13. The Bertz CT molecular complexity index is 697. The molecule has 1 aliphatic rings. The molecule has 2 aromatic rings. The molecule has 0 aromatic heterocycles. The zero-order chi connectivity index (χ0) is 15.5. The summed E-state index contributed by atoms with van der Waals surface area (Å²) in [6, 6.07) is 12.9. The normalized spacial score (nSPS) is 14.2. The van der Waals surface area contributed by atoms with E-state index in [2.05, 4.69) is 16.3 Å². The summed E-state index contributed by atoms with van der Waals surface area (Å²) in [6.07, 6.45) is 2.43. The van der Waals surface area contributed by atoms with Gasteiger partial charge in [-0.3, -0.25) is 4.79 Å². The number of nitrogens with zero attached hydrogens (tertiary/aromatic N) is 1. The highest BCUT2D eigenvalue weighted by atomic mass is 35.5. The lowest BCUT2D eigenvalue weighted by atomic mass is 10.2. The van der Waals surface area contributed by atoms with E-state index in [4.69, 9.17) is 23.2 Å². The molecule has 1 amide bonds. The number of anilines is 2. The fourth-order valence-electron chi connectivity index (χ4n) is 2.63. The van der Waals surface area contributed by atoms with E-state index in [0.29, 0.717) is 10.6 Å². The van der Waals surface area contributed by atoms with Crippen LogP contribution in [0.4, 0.5) is 11.4 Å². The summed E-state index contributed by atoms with van der Waals surface area (Å²) in [5.74, 6) is -0.258. The minimum atomic E-state index is -0.258. The summed E-state index contributed by atoms with van der Waals surface area (Å²) in [5, 5.41) is 3.53. The fourth-order valence-corrected chi connectivity index (χ4v) is 3.02. The quantitative estimate of drug-likeness (QED) is 0.870. The van der Waals surface area contributed by atoms with Gasteiger partial charge in [-0.15, -0.1) is 0 Å². The van der Waals surface area contributed by atoms with Crippen LogP contribution in [0, 0.1) is 0 Å². The molecule has 0 atom stereocenters. The number of hydrogen-bond donors (Lipinski definition) is 1. The van der Waals surface area contributed by atoms with Gasteiger partial charge in [0.25, 0.3) is 5.91 Å². The molecule has 0 unspecified atom stereocenters. The summed E-state index contributed by atoms with van der Waals surface area (Å²) in [4.78, 5) is 14.7. The van der Waals surface area contributed by atoms with Crippen molar-refractivity contribution >= 4 is 40.5 Å². The van der Waals surface area contributed by atoms with Crippen LogP contribution >= 0.6 is 23.2 Å². The maximum Gasteiger partial charge on any atom is 0.257 e. The Morgan fingerprint density at radius 3 is 2.55 bits per heavy atom. The molecule has 3 nitrogen and oxygen atoms in total. The largest absolute Gasteiger partial charge is 0.371 e. The van der Waals surface area contributed by atoms with Gasteiger partial charge in [-0.1, -0.05) is 35.3 Å². The van der Waals surface area contributed by atoms with Crippen LogP contribution in [0.25, 0.3) is 0 Å². The molecule has 3 rings (SSSR count). The van der Waals surface area contributed by atoms with Gasteiger partial charge >= 0.3 is 0 Å². The van der Waals surface area contributed by atoms with Crippen LogP contribution in [0.2, 0.25) is 10.0 Å². The summed E-state index contributed by atoms with van der Waals surface area (Å²) < 4.78 is 0. The lowest BCUT2D eigenvalue weighted by Crippen LogP contribution is -2.18. The zero-order valence-electron chi connectivity index (χ0n) is 12.0. The Hall–Kier alpha value is -1.71. The van der Waals surface area contributed by atoms with Crippen molar-refractivity contribution in [2.45, 2.75) is 12.8 Å². The molecule has 0 bridgehead atoms. The second kappa shape index (κ2) is 6.59. The Morgan fingerprint density at radius 2 is 1.77 bits per heavy atom. The van der Waals surface area contributed by atoms with Gasteiger partial charge in [-0.2, -0.15) is 0 Å². The predicted octanol–water partition coefficient (Wildman–Crippen LogP) is 4.85. The summed E-state index contributed by atoms with van der Waals surface area (Å²) >= 11 is 12.0. The first-order valence-corrected chi connectivity index (χ1v) is 8.01. The Morgan fingerprint density at radius 1 is 1.05 bits per heavy atom. The van der Waals surface area contributed by atoms with E-state index in [1.807, 2.05) is 18.2 Å². The number of carbonyl (C=O) groups is 1. The van der Waals surface area contributed by atoms with Crippen molar-refractivity contribution in [2.75, 3.05) is 23.3 Å². The van der Waals surface area contributed by atoms with Crippen molar-refractivity contribution in [3.63, 3.8) is 0 Å². The highest BCUT2D eigenvalue weighted by Crippen LogP contribution is 2.27. The van der Waals surface area contributed by atoms with Crippen molar-refractivity contribution in [3.8, 4) is 0 Å². The van der Waals surface area contributed by atoms with Crippen molar-refractivity contribution in [1.82, 2.24) is 0 Å². The van der Waals surface area contributed by atoms with E-state index in [1.54, 1.807) is 18.2 Å². The van der Waals surface area contributed by atoms with Gasteiger partial charge < -0.3 is 10.2 Å². The average molecular weight is 335 g/mol. The molecule has 0 saturated carbocycles. The van der Waals surface area contributed by atoms with E-state index >= 15 is 0 Å². The Kier molecular flexibility index (Phi) is 4.55. The van der Waals surface area contributed by atoms with Gasteiger partial charge in [0, 0.05) is 24.5 Å². The van der Waals surface area contributed by atoms with Gasteiger partial charge in [-0.05, 0) is 43.2 Å². The van der Waals surface area contributed by atoms with Crippen LogP contribution in [0.15, 0.2) is 42.5 Å². The second-order valence-electron chi connectivity index (χ2n) is 5.30. The molecule has 0 radical (unpaired) electrons. The maximum atomic E-state index is 12.4. The van der Waals surface area contributed by atoms with Crippen molar-refractivity contribution in [2.24, 2.45) is 0 Å².